The molecule has 128 valence electrons. The Morgan fingerprint density at radius 2 is 2.17 bits per heavy atom. The van der Waals surface area contributed by atoms with Crippen molar-refractivity contribution in [3.8, 4) is 5.75 Å². The molecule has 0 atom stereocenters. The number of aromatic nitrogens is 3. The maximum absolute atomic E-state index is 11.9. The van der Waals surface area contributed by atoms with Crippen molar-refractivity contribution in [3.63, 3.8) is 0 Å². The number of benzene rings is 1. The van der Waals surface area contributed by atoms with Gasteiger partial charge in [-0.15, -0.1) is 5.10 Å². The van der Waals surface area contributed by atoms with Crippen molar-refractivity contribution in [2.45, 2.75) is 55.1 Å². The van der Waals surface area contributed by atoms with Gasteiger partial charge in [-0.05, 0) is 50.8 Å². The first kappa shape index (κ1) is 16.8. The normalized spacial score (nSPS) is 15.2. The first-order chi connectivity index (χ1) is 11.8. The molecule has 0 spiro atoms. The van der Waals surface area contributed by atoms with Gasteiger partial charge in [-0.2, -0.15) is 0 Å². The van der Waals surface area contributed by atoms with E-state index in [0.29, 0.717) is 17.7 Å². The molecule has 1 aliphatic rings. The molecule has 1 aliphatic carbocycles. The molecule has 0 radical (unpaired) electrons. The number of carbonyl (C=O) groups excluding carboxylic acids is 1. The zero-order valence-electron chi connectivity index (χ0n) is 13.7. The van der Waals surface area contributed by atoms with Crippen molar-refractivity contribution in [1.82, 2.24) is 15.4 Å². The monoisotopic (exact) mass is 347 g/mol. The highest BCUT2D eigenvalue weighted by Gasteiger charge is 2.19. The Kier molecular flexibility index (Phi) is 5.74. The molecule has 24 heavy (non-hydrogen) atoms. The van der Waals surface area contributed by atoms with Crippen LogP contribution in [0.4, 0.5) is 0 Å². The molecule has 0 aliphatic heterocycles. The van der Waals surface area contributed by atoms with E-state index >= 15 is 0 Å². The zero-order chi connectivity index (χ0) is 16.8. The van der Waals surface area contributed by atoms with Gasteiger partial charge in [0.25, 0.3) is 0 Å². The van der Waals surface area contributed by atoms with Gasteiger partial charge in [0.05, 0.1) is 12.7 Å². The third-order valence-corrected chi connectivity index (χ3v) is 4.84. The van der Waals surface area contributed by atoms with Crippen molar-refractivity contribution in [3.05, 3.63) is 30.0 Å². The lowest BCUT2D eigenvalue weighted by molar-refractivity contribution is 0.0515. The molecule has 3 rings (SSSR count). The lowest BCUT2D eigenvalue weighted by Crippen LogP contribution is -2.19. The molecule has 1 heterocycles. The number of nitrogens with one attached hydrogen (secondary N) is 1. The minimum absolute atomic E-state index is 0.278. The zero-order valence-corrected chi connectivity index (χ0v) is 14.5. The Morgan fingerprint density at radius 1 is 1.33 bits per heavy atom. The van der Waals surface area contributed by atoms with Crippen molar-refractivity contribution in [1.29, 1.82) is 0 Å². The largest absolute Gasteiger partial charge is 0.490 e. The predicted molar refractivity (Wildman–Crippen MR) is 90.4 cm³/mol. The highest BCUT2D eigenvalue weighted by atomic mass is 32.2. The SMILES string of the molecule is CCOC(=O)c1[nH]nnc1Sc1cccc(OC2CCCCC2)c1. The lowest BCUT2D eigenvalue weighted by atomic mass is 9.98. The summed E-state index contributed by atoms with van der Waals surface area (Å²) in [7, 11) is 0. The van der Waals surface area contributed by atoms with Crippen molar-refractivity contribution >= 4 is 17.7 Å². The van der Waals surface area contributed by atoms with Crippen LogP contribution in [0.25, 0.3) is 0 Å². The van der Waals surface area contributed by atoms with E-state index in [9.17, 15) is 4.79 Å². The number of hydrogen-bond acceptors (Lipinski definition) is 6. The van der Waals surface area contributed by atoms with Crippen LogP contribution in [0.2, 0.25) is 0 Å². The number of esters is 1. The summed E-state index contributed by atoms with van der Waals surface area (Å²) in [6, 6.07) is 7.85. The van der Waals surface area contributed by atoms with Crippen LogP contribution in [-0.4, -0.2) is 34.1 Å². The van der Waals surface area contributed by atoms with E-state index in [1.54, 1.807) is 6.92 Å². The summed E-state index contributed by atoms with van der Waals surface area (Å²) in [5.41, 5.74) is 0.278. The van der Waals surface area contributed by atoms with Gasteiger partial charge in [0, 0.05) is 4.90 Å². The van der Waals surface area contributed by atoms with Crippen LogP contribution in [0.15, 0.2) is 34.2 Å². The molecule has 1 saturated carbocycles. The molecule has 1 aromatic heterocycles. The van der Waals surface area contributed by atoms with E-state index in [1.165, 1.54) is 31.0 Å². The molecular weight excluding hydrogens is 326 g/mol. The third-order valence-electron chi connectivity index (χ3n) is 3.87. The van der Waals surface area contributed by atoms with Crippen LogP contribution in [0, 0.1) is 0 Å². The summed E-state index contributed by atoms with van der Waals surface area (Å²) in [4.78, 5) is 12.8. The molecule has 2 aromatic rings. The lowest BCUT2D eigenvalue weighted by Gasteiger charge is -2.23. The quantitative estimate of drug-likeness (QED) is 0.800. The van der Waals surface area contributed by atoms with E-state index in [-0.39, 0.29) is 5.69 Å². The van der Waals surface area contributed by atoms with E-state index in [4.69, 9.17) is 9.47 Å². The Balaban J connectivity index is 1.68. The second kappa shape index (κ2) is 8.19. The molecule has 0 saturated heterocycles. The summed E-state index contributed by atoms with van der Waals surface area (Å²) < 4.78 is 11.1. The molecule has 0 bridgehead atoms. The van der Waals surface area contributed by atoms with E-state index < -0.39 is 5.97 Å². The Morgan fingerprint density at radius 3 is 2.96 bits per heavy atom. The molecule has 1 aromatic carbocycles. The van der Waals surface area contributed by atoms with Crippen molar-refractivity contribution in [2.75, 3.05) is 6.61 Å². The van der Waals surface area contributed by atoms with Gasteiger partial charge < -0.3 is 9.47 Å². The smallest absolute Gasteiger partial charge is 0.359 e. The minimum Gasteiger partial charge on any atom is -0.490 e. The summed E-state index contributed by atoms with van der Waals surface area (Å²) >= 11 is 1.37. The second-order valence-corrected chi connectivity index (χ2v) is 6.73. The molecule has 0 unspecified atom stereocenters. The summed E-state index contributed by atoms with van der Waals surface area (Å²) in [5.74, 6) is 0.410. The Bertz CT molecular complexity index is 683. The van der Waals surface area contributed by atoms with E-state index in [2.05, 4.69) is 15.4 Å². The number of aromatic amines is 1. The molecule has 0 amide bonds. The molecular formula is C17H21N3O3S. The fourth-order valence-corrected chi connectivity index (χ4v) is 3.58. The maximum atomic E-state index is 11.9. The first-order valence-electron chi connectivity index (χ1n) is 8.29. The fourth-order valence-electron chi connectivity index (χ4n) is 2.72. The average molecular weight is 347 g/mol. The summed E-state index contributed by atoms with van der Waals surface area (Å²) in [6.07, 6.45) is 6.32. The van der Waals surface area contributed by atoms with Crippen LogP contribution in [0.5, 0.6) is 5.75 Å². The Hall–Kier alpha value is -2.02. The van der Waals surface area contributed by atoms with Crippen LogP contribution >= 0.6 is 11.8 Å². The first-order valence-corrected chi connectivity index (χ1v) is 9.10. The van der Waals surface area contributed by atoms with Gasteiger partial charge in [0.15, 0.2) is 10.7 Å². The van der Waals surface area contributed by atoms with Crippen molar-refractivity contribution < 1.29 is 14.3 Å². The van der Waals surface area contributed by atoms with Crippen LogP contribution in [-0.2, 0) is 4.74 Å². The highest BCUT2D eigenvalue weighted by molar-refractivity contribution is 7.99. The van der Waals surface area contributed by atoms with Gasteiger partial charge in [-0.1, -0.05) is 29.5 Å². The number of H-pyrrole nitrogens is 1. The Labute approximate surface area is 145 Å². The second-order valence-electron chi connectivity index (χ2n) is 5.67. The van der Waals surface area contributed by atoms with E-state index in [1.807, 2.05) is 24.3 Å². The molecule has 1 N–H and O–H groups in total. The molecule has 1 fully saturated rings. The number of hydrogen-bond donors (Lipinski definition) is 1. The van der Waals surface area contributed by atoms with Crippen LogP contribution in [0.1, 0.15) is 49.5 Å². The number of carbonyl (C=O) groups is 1. The van der Waals surface area contributed by atoms with Gasteiger partial charge in [-0.3, -0.25) is 5.10 Å². The standard InChI is InChI=1S/C17H21N3O3S/c1-2-22-17(21)15-16(19-20-18-15)24-14-10-6-9-13(11-14)23-12-7-4-3-5-8-12/h6,9-12H,2-5,7-8H2,1H3,(H,18,19,20). The summed E-state index contributed by atoms with van der Waals surface area (Å²) in [5, 5.41) is 10.8. The molecule has 6 nitrogen and oxygen atoms in total. The predicted octanol–water partition coefficient (Wildman–Crippen LogP) is 3.84. The van der Waals surface area contributed by atoms with Gasteiger partial charge >= 0.3 is 5.97 Å². The fraction of sp³-hybridized carbons (Fsp3) is 0.471. The summed E-state index contributed by atoms with van der Waals surface area (Å²) in [6.45, 7) is 2.08. The minimum atomic E-state index is -0.445. The van der Waals surface area contributed by atoms with Gasteiger partial charge in [0.1, 0.15) is 5.75 Å². The average Bonchev–Trinajstić information content (AvgIpc) is 3.04. The molecule has 7 heteroatoms. The number of rotatable bonds is 6. The van der Waals surface area contributed by atoms with Crippen molar-refractivity contribution in [2.24, 2.45) is 0 Å². The topological polar surface area (TPSA) is 77.1 Å². The van der Waals surface area contributed by atoms with Crippen LogP contribution < -0.4 is 4.74 Å². The van der Waals surface area contributed by atoms with Gasteiger partial charge in [-0.25, -0.2) is 4.79 Å². The number of ether oxygens (including phenoxy) is 2. The van der Waals surface area contributed by atoms with Crippen LogP contribution in [0.3, 0.4) is 0 Å². The van der Waals surface area contributed by atoms with Gasteiger partial charge in [0.2, 0.25) is 0 Å². The third kappa shape index (κ3) is 4.29. The highest BCUT2D eigenvalue weighted by Crippen LogP contribution is 2.31. The van der Waals surface area contributed by atoms with E-state index in [0.717, 1.165) is 23.5 Å². The number of nitrogens with zero attached hydrogens (tertiary/aromatic N) is 2. The maximum Gasteiger partial charge on any atom is 0.359 e.